The summed E-state index contributed by atoms with van der Waals surface area (Å²) < 4.78 is 5.11. The summed E-state index contributed by atoms with van der Waals surface area (Å²) in [6, 6.07) is 6.55. The van der Waals surface area contributed by atoms with Gasteiger partial charge < -0.3 is 9.84 Å². The Morgan fingerprint density at radius 1 is 1.44 bits per heavy atom. The zero-order valence-electron chi connectivity index (χ0n) is 14.4. The number of hydrogen-bond donors (Lipinski definition) is 1. The number of phenolic OH excluding ortho intramolecular Hbond substituents is 1. The lowest BCUT2D eigenvalue weighted by Crippen LogP contribution is -2.29. The van der Waals surface area contributed by atoms with Gasteiger partial charge in [-0.3, -0.25) is 14.7 Å². The van der Waals surface area contributed by atoms with Gasteiger partial charge in [0.15, 0.2) is 16.7 Å². The van der Waals surface area contributed by atoms with E-state index in [1.165, 1.54) is 36.0 Å². The fraction of sp³-hybridized carbons (Fsp3) is 0.105. The Morgan fingerprint density at radius 3 is 2.96 bits per heavy atom. The van der Waals surface area contributed by atoms with Crippen molar-refractivity contribution in [1.29, 1.82) is 0 Å². The predicted octanol–water partition coefficient (Wildman–Crippen LogP) is 4.24. The van der Waals surface area contributed by atoms with Crippen LogP contribution in [0.5, 0.6) is 11.5 Å². The molecule has 0 unspecified atom stereocenters. The lowest BCUT2D eigenvalue weighted by Gasteiger charge is -2.12. The summed E-state index contributed by atoms with van der Waals surface area (Å²) >= 11 is 7.36. The van der Waals surface area contributed by atoms with Gasteiger partial charge >= 0.3 is 0 Å². The first kappa shape index (κ1) is 19.0. The minimum atomic E-state index is -0.184. The number of ether oxygens (including phenoxy) is 1. The summed E-state index contributed by atoms with van der Waals surface area (Å²) in [5.74, 6) is 0.184. The lowest BCUT2D eigenvalue weighted by atomic mass is 10.2. The van der Waals surface area contributed by atoms with Crippen LogP contribution in [0.3, 0.4) is 0 Å². The van der Waals surface area contributed by atoms with E-state index in [1.807, 2.05) is 0 Å². The fourth-order valence-corrected chi connectivity index (χ4v) is 3.54. The summed E-state index contributed by atoms with van der Waals surface area (Å²) in [5.41, 5.74) is 1.26. The Kier molecular flexibility index (Phi) is 5.83. The van der Waals surface area contributed by atoms with Crippen molar-refractivity contribution in [2.24, 2.45) is 4.99 Å². The number of benzene rings is 1. The summed E-state index contributed by atoms with van der Waals surface area (Å²) in [6.45, 7) is 4.02. The Balaban J connectivity index is 1.98. The lowest BCUT2D eigenvalue weighted by molar-refractivity contribution is -0.121. The van der Waals surface area contributed by atoms with Crippen LogP contribution >= 0.6 is 23.4 Å². The molecule has 27 heavy (non-hydrogen) atoms. The van der Waals surface area contributed by atoms with Gasteiger partial charge in [0, 0.05) is 18.9 Å². The van der Waals surface area contributed by atoms with Crippen LogP contribution in [0.25, 0.3) is 6.08 Å². The molecule has 2 aromatic rings. The van der Waals surface area contributed by atoms with Gasteiger partial charge in [-0.2, -0.15) is 0 Å². The topological polar surface area (TPSA) is 75.0 Å². The third-order valence-corrected chi connectivity index (χ3v) is 4.97. The molecule has 1 saturated heterocycles. The Morgan fingerprint density at radius 2 is 2.26 bits per heavy atom. The van der Waals surface area contributed by atoms with E-state index in [-0.39, 0.29) is 11.7 Å². The van der Waals surface area contributed by atoms with E-state index in [0.29, 0.717) is 33.1 Å². The maximum Gasteiger partial charge on any atom is 0.267 e. The molecule has 1 aromatic heterocycles. The number of methoxy groups -OCH3 is 1. The highest BCUT2D eigenvalue weighted by Gasteiger charge is 2.32. The van der Waals surface area contributed by atoms with E-state index in [0.717, 1.165) is 5.56 Å². The number of pyridine rings is 1. The van der Waals surface area contributed by atoms with Gasteiger partial charge in [-0.15, -0.1) is 6.58 Å². The molecule has 0 saturated carbocycles. The van der Waals surface area contributed by atoms with Crippen molar-refractivity contribution in [3.05, 3.63) is 64.8 Å². The van der Waals surface area contributed by atoms with Crippen LogP contribution in [0.15, 0.2) is 59.2 Å². The van der Waals surface area contributed by atoms with Crippen molar-refractivity contribution in [3.8, 4) is 11.5 Å². The normalized spacial score (nSPS) is 17.0. The number of halogens is 1. The van der Waals surface area contributed by atoms with Gasteiger partial charge in [0.1, 0.15) is 0 Å². The van der Waals surface area contributed by atoms with Crippen molar-refractivity contribution in [2.75, 3.05) is 13.7 Å². The molecule has 3 rings (SSSR count). The fourth-order valence-electron chi connectivity index (χ4n) is 2.38. The zero-order chi connectivity index (χ0) is 19.4. The van der Waals surface area contributed by atoms with E-state index in [1.54, 1.807) is 36.5 Å². The molecule has 0 bridgehead atoms. The molecule has 2 heterocycles. The molecule has 1 aliphatic heterocycles. The molecule has 1 amide bonds. The van der Waals surface area contributed by atoms with Crippen molar-refractivity contribution < 1.29 is 14.6 Å². The minimum absolute atomic E-state index is 0.0351. The molecule has 1 aliphatic rings. The third-order valence-electron chi connectivity index (χ3n) is 3.67. The highest BCUT2D eigenvalue weighted by molar-refractivity contribution is 8.18. The number of phenols is 1. The van der Waals surface area contributed by atoms with Gasteiger partial charge in [0.05, 0.1) is 22.7 Å². The molecule has 0 atom stereocenters. The van der Waals surface area contributed by atoms with Crippen LogP contribution in [0, 0.1) is 0 Å². The van der Waals surface area contributed by atoms with Crippen LogP contribution < -0.4 is 4.74 Å². The van der Waals surface area contributed by atoms with Gasteiger partial charge in [0.2, 0.25) is 0 Å². The number of amidine groups is 1. The minimum Gasteiger partial charge on any atom is -0.504 e. The SMILES string of the molecule is C=CCN1C(=O)/C(=C/c2ccc(O)c(OC)c2)SC1=Nc1ccncc1Cl. The number of nitrogens with zero attached hydrogens (tertiary/aromatic N) is 3. The van der Waals surface area contributed by atoms with Crippen molar-refractivity contribution in [2.45, 2.75) is 0 Å². The van der Waals surface area contributed by atoms with Crippen LogP contribution in [-0.2, 0) is 4.79 Å². The maximum atomic E-state index is 12.8. The predicted molar refractivity (Wildman–Crippen MR) is 108 cm³/mol. The summed E-state index contributed by atoms with van der Waals surface area (Å²) in [4.78, 5) is 23.3. The molecular weight excluding hydrogens is 386 g/mol. The molecular formula is C19H16ClN3O3S. The molecule has 0 aliphatic carbocycles. The average molecular weight is 402 g/mol. The van der Waals surface area contributed by atoms with E-state index in [4.69, 9.17) is 16.3 Å². The summed E-state index contributed by atoms with van der Waals surface area (Å²) in [7, 11) is 1.47. The summed E-state index contributed by atoms with van der Waals surface area (Å²) in [6.07, 6.45) is 6.44. The van der Waals surface area contributed by atoms with Crippen molar-refractivity contribution >= 4 is 46.2 Å². The number of aromatic nitrogens is 1. The van der Waals surface area contributed by atoms with Gasteiger partial charge in [-0.25, -0.2) is 4.99 Å². The second-order valence-electron chi connectivity index (χ2n) is 5.47. The average Bonchev–Trinajstić information content (AvgIpc) is 2.94. The molecule has 8 heteroatoms. The number of rotatable bonds is 5. The first-order chi connectivity index (χ1) is 13.0. The Labute approximate surface area is 165 Å². The van der Waals surface area contributed by atoms with E-state index >= 15 is 0 Å². The number of carbonyl (C=O) groups is 1. The number of carbonyl (C=O) groups excluding carboxylic acids is 1. The molecule has 1 fully saturated rings. The number of aliphatic imine (C=N–C) groups is 1. The first-order valence-electron chi connectivity index (χ1n) is 7.91. The van der Waals surface area contributed by atoms with Crippen LogP contribution in [0.2, 0.25) is 5.02 Å². The highest BCUT2D eigenvalue weighted by atomic mass is 35.5. The molecule has 6 nitrogen and oxygen atoms in total. The quantitative estimate of drug-likeness (QED) is 0.599. The van der Waals surface area contributed by atoms with Crippen LogP contribution in [0.4, 0.5) is 5.69 Å². The van der Waals surface area contributed by atoms with Crippen LogP contribution in [0.1, 0.15) is 5.56 Å². The van der Waals surface area contributed by atoms with Gasteiger partial charge in [0.25, 0.3) is 5.91 Å². The van der Waals surface area contributed by atoms with E-state index < -0.39 is 0 Å². The number of aromatic hydroxyl groups is 1. The zero-order valence-corrected chi connectivity index (χ0v) is 16.0. The third kappa shape index (κ3) is 4.15. The monoisotopic (exact) mass is 401 g/mol. The number of hydrogen-bond acceptors (Lipinski definition) is 6. The standard InChI is InChI=1S/C19H16ClN3O3S/c1-3-8-23-18(25)17(10-12-4-5-15(24)16(9-12)26-2)27-19(23)22-14-6-7-21-11-13(14)20/h3-7,9-11,24H,1,8H2,2H3/b17-10-,22-19?. The first-order valence-corrected chi connectivity index (χ1v) is 9.10. The number of amides is 1. The van der Waals surface area contributed by atoms with E-state index in [2.05, 4.69) is 16.6 Å². The molecule has 1 aromatic carbocycles. The van der Waals surface area contributed by atoms with Crippen molar-refractivity contribution in [3.63, 3.8) is 0 Å². The highest BCUT2D eigenvalue weighted by Crippen LogP contribution is 2.36. The van der Waals surface area contributed by atoms with Gasteiger partial charge in [-0.1, -0.05) is 23.7 Å². The largest absolute Gasteiger partial charge is 0.504 e. The summed E-state index contributed by atoms with van der Waals surface area (Å²) in [5, 5.41) is 10.6. The van der Waals surface area contributed by atoms with Gasteiger partial charge in [-0.05, 0) is 41.6 Å². The van der Waals surface area contributed by atoms with Crippen molar-refractivity contribution in [1.82, 2.24) is 9.88 Å². The smallest absolute Gasteiger partial charge is 0.267 e. The molecule has 1 N–H and O–H groups in total. The Bertz CT molecular complexity index is 959. The van der Waals surface area contributed by atoms with E-state index in [9.17, 15) is 9.90 Å². The molecule has 138 valence electrons. The van der Waals surface area contributed by atoms with Crippen LogP contribution in [-0.4, -0.2) is 39.7 Å². The Hall–Kier alpha value is -2.77. The second-order valence-corrected chi connectivity index (χ2v) is 6.88. The maximum absolute atomic E-state index is 12.8. The molecule has 0 spiro atoms. The second kappa shape index (κ2) is 8.28. The number of thioether (sulfide) groups is 1. The molecule has 0 radical (unpaired) electrons.